The molecule has 10 heteroatoms. The second-order valence-electron chi connectivity index (χ2n) is 8.73. The van der Waals surface area contributed by atoms with Crippen molar-refractivity contribution in [1.29, 1.82) is 0 Å². The SMILES string of the molecule is CC(C)c1ccc(NC(=O)N2CCC[C@@H]2C(=O)Nc2ccc(-c3ncc(C(=O)O)cn3)cc2)cc1.N. The predicted molar refractivity (Wildman–Crippen MR) is 137 cm³/mol. The van der Waals surface area contributed by atoms with E-state index in [1.165, 1.54) is 18.0 Å². The minimum Gasteiger partial charge on any atom is -0.478 e. The normalized spacial score (nSPS) is 14.8. The summed E-state index contributed by atoms with van der Waals surface area (Å²) in [6, 6.07) is 13.8. The summed E-state index contributed by atoms with van der Waals surface area (Å²) in [5, 5.41) is 14.7. The van der Waals surface area contributed by atoms with Crippen LogP contribution in [0.25, 0.3) is 11.4 Å². The molecule has 1 atom stereocenters. The smallest absolute Gasteiger partial charge is 0.338 e. The summed E-state index contributed by atoms with van der Waals surface area (Å²) in [7, 11) is 0. The lowest BCUT2D eigenvalue weighted by Gasteiger charge is -2.24. The fourth-order valence-corrected chi connectivity index (χ4v) is 3.94. The van der Waals surface area contributed by atoms with E-state index in [0.717, 1.165) is 6.42 Å². The monoisotopic (exact) mass is 490 g/mol. The first-order valence-electron chi connectivity index (χ1n) is 11.5. The van der Waals surface area contributed by atoms with Crippen molar-refractivity contribution in [2.24, 2.45) is 0 Å². The Morgan fingerprint density at radius 1 is 0.944 bits per heavy atom. The van der Waals surface area contributed by atoms with Crippen molar-refractivity contribution in [2.45, 2.75) is 38.6 Å². The quantitative estimate of drug-likeness (QED) is 0.387. The minimum absolute atomic E-state index is 0. The van der Waals surface area contributed by atoms with Crippen molar-refractivity contribution >= 4 is 29.3 Å². The van der Waals surface area contributed by atoms with Gasteiger partial charge in [0, 0.05) is 35.9 Å². The standard InChI is InChI=1S/C26H27N5O4.H3N/c1-16(2)17-5-9-21(10-6-17)30-26(35)31-13-3-4-22(31)24(32)29-20-11-7-18(8-12-20)23-27-14-19(15-28-23)25(33)34;/h5-12,14-16,22H,3-4,13H2,1-2H3,(H,29,32)(H,30,35)(H,33,34);1H3/t22-;/m1./s1. The topological polar surface area (TPSA) is 160 Å². The molecule has 1 aliphatic heterocycles. The van der Waals surface area contributed by atoms with Crippen LogP contribution in [0.15, 0.2) is 60.9 Å². The fourth-order valence-electron chi connectivity index (χ4n) is 3.94. The molecule has 1 fully saturated rings. The molecule has 2 heterocycles. The number of carbonyl (C=O) groups is 3. The molecule has 4 rings (SSSR count). The summed E-state index contributed by atoms with van der Waals surface area (Å²) in [4.78, 5) is 46.5. The lowest BCUT2D eigenvalue weighted by atomic mass is 10.0. The Bertz CT molecular complexity index is 1210. The van der Waals surface area contributed by atoms with Crippen LogP contribution in [0.4, 0.5) is 16.2 Å². The number of benzene rings is 2. The molecule has 2 aromatic carbocycles. The summed E-state index contributed by atoms with van der Waals surface area (Å²) in [6.45, 7) is 4.73. The van der Waals surface area contributed by atoms with E-state index in [1.54, 1.807) is 29.2 Å². The van der Waals surface area contributed by atoms with Crippen LogP contribution in [-0.4, -0.2) is 50.5 Å². The van der Waals surface area contributed by atoms with Crippen molar-refractivity contribution in [3.63, 3.8) is 0 Å². The van der Waals surface area contributed by atoms with Gasteiger partial charge in [-0.2, -0.15) is 0 Å². The number of aromatic carboxylic acids is 1. The van der Waals surface area contributed by atoms with Crippen molar-refractivity contribution in [1.82, 2.24) is 21.0 Å². The number of carboxylic acids is 1. The zero-order valence-corrected chi connectivity index (χ0v) is 20.3. The van der Waals surface area contributed by atoms with E-state index in [1.807, 2.05) is 24.3 Å². The third-order valence-electron chi connectivity index (χ3n) is 5.95. The van der Waals surface area contributed by atoms with Crippen molar-refractivity contribution < 1.29 is 19.5 Å². The highest BCUT2D eigenvalue weighted by Gasteiger charge is 2.34. The number of amides is 3. The van der Waals surface area contributed by atoms with Crippen LogP contribution in [0, 0.1) is 0 Å². The first-order valence-corrected chi connectivity index (χ1v) is 11.5. The number of rotatable bonds is 6. The van der Waals surface area contributed by atoms with Gasteiger partial charge in [-0.05, 0) is 60.7 Å². The fraction of sp³-hybridized carbons (Fsp3) is 0.269. The van der Waals surface area contributed by atoms with Gasteiger partial charge in [0.2, 0.25) is 5.91 Å². The second kappa shape index (κ2) is 11.4. The molecule has 0 aliphatic carbocycles. The molecule has 0 spiro atoms. The van der Waals surface area contributed by atoms with E-state index in [-0.39, 0.29) is 23.7 Å². The van der Waals surface area contributed by atoms with Crippen LogP contribution < -0.4 is 16.8 Å². The highest BCUT2D eigenvalue weighted by Crippen LogP contribution is 2.23. The van der Waals surface area contributed by atoms with Gasteiger partial charge in [0.05, 0.1) is 5.56 Å². The van der Waals surface area contributed by atoms with Gasteiger partial charge < -0.3 is 26.8 Å². The Hall–Kier alpha value is -4.31. The van der Waals surface area contributed by atoms with E-state index in [2.05, 4.69) is 34.4 Å². The summed E-state index contributed by atoms with van der Waals surface area (Å²) < 4.78 is 0. The number of anilines is 2. The minimum atomic E-state index is -1.09. The molecular formula is C26H30N6O4. The zero-order valence-electron chi connectivity index (χ0n) is 20.3. The molecule has 3 aromatic rings. The van der Waals surface area contributed by atoms with Gasteiger partial charge >= 0.3 is 12.0 Å². The van der Waals surface area contributed by atoms with Gasteiger partial charge in [-0.3, -0.25) is 4.79 Å². The highest BCUT2D eigenvalue weighted by atomic mass is 16.4. The van der Waals surface area contributed by atoms with Crippen LogP contribution in [0.5, 0.6) is 0 Å². The van der Waals surface area contributed by atoms with Gasteiger partial charge in [-0.25, -0.2) is 19.6 Å². The lowest BCUT2D eigenvalue weighted by molar-refractivity contribution is -0.119. The molecular weight excluding hydrogens is 460 g/mol. The number of hydrogen-bond donors (Lipinski definition) is 4. The molecule has 0 saturated carbocycles. The largest absolute Gasteiger partial charge is 0.478 e. The molecule has 1 aromatic heterocycles. The van der Waals surface area contributed by atoms with Crippen LogP contribution in [0.3, 0.4) is 0 Å². The number of carboxylic acid groups (broad SMARTS) is 1. The maximum absolute atomic E-state index is 12.9. The second-order valence-corrected chi connectivity index (χ2v) is 8.73. The lowest BCUT2D eigenvalue weighted by Crippen LogP contribution is -2.45. The van der Waals surface area contributed by atoms with Crippen LogP contribution in [-0.2, 0) is 4.79 Å². The summed E-state index contributed by atoms with van der Waals surface area (Å²) >= 11 is 0. The van der Waals surface area contributed by atoms with E-state index in [9.17, 15) is 14.4 Å². The van der Waals surface area contributed by atoms with Crippen molar-refractivity contribution in [3.8, 4) is 11.4 Å². The average molecular weight is 491 g/mol. The third kappa shape index (κ3) is 6.02. The number of urea groups is 1. The molecule has 0 radical (unpaired) electrons. The Morgan fingerprint density at radius 3 is 2.11 bits per heavy atom. The number of nitrogens with one attached hydrogen (secondary N) is 2. The van der Waals surface area contributed by atoms with Crippen LogP contribution in [0.1, 0.15) is 48.5 Å². The van der Waals surface area contributed by atoms with E-state index < -0.39 is 12.0 Å². The Morgan fingerprint density at radius 2 is 1.53 bits per heavy atom. The Labute approximate surface area is 209 Å². The van der Waals surface area contributed by atoms with Gasteiger partial charge in [0.15, 0.2) is 5.82 Å². The van der Waals surface area contributed by atoms with Gasteiger partial charge in [0.1, 0.15) is 6.04 Å². The molecule has 0 bridgehead atoms. The predicted octanol–water partition coefficient (Wildman–Crippen LogP) is 4.76. The van der Waals surface area contributed by atoms with Gasteiger partial charge in [-0.15, -0.1) is 0 Å². The molecule has 10 nitrogen and oxygen atoms in total. The van der Waals surface area contributed by atoms with E-state index in [4.69, 9.17) is 5.11 Å². The van der Waals surface area contributed by atoms with Crippen molar-refractivity contribution in [3.05, 3.63) is 72.1 Å². The van der Waals surface area contributed by atoms with E-state index >= 15 is 0 Å². The third-order valence-corrected chi connectivity index (χ3v) is 5.95. The summed E-state index contributed by atoms with van der Waals surface area (Å²) in [5.41, 5.74) is 3.16. The summed E-state index contributed by atoms with van der Waals surface area (Å²) in [5.74, 6) is -0.547. The molecule has 6 N–H and O–H groups in total. The number of aromatic nitrogens is 2. The zero-order chi connectivity index (χ0) is 24.9. The number of nitrogens with zero attached hydrogens (tertiary/aromatic N) is 3. The summed E-state index contributed by atoms with van der Waals surface area (Å²) in [6.07, 6.45) is 3.84. The molecule has 3 amide bonds. The van der Waals surface area contributed by atoms with Crippen molar-refractivity contribution in [2.75, 3.05) is 17.2 Å². The van der Waals surface area contributed by atoms with Crippen LogP contribution >= 0.6 is 0 Å². The average Bonchev–Trinajstić information content (AvgIpc) is 3.35. The highest BCUT2D eigenvalue weighted by molar-refractivity contribution is 5.99. The maximum atomic E-state index is 12.9. The first kappa shape index (κ1) is 26.3. The number of carbonyl (C=O) groups excluding carboxylic acids is 2. The number of likely N-dealkylation sites (tertiary alicyclic amines) is 1. The molecule has 1 saturated heterocycles. The van der Waals surface area contributed by atoms with E-state index in [0.29, 0.717) is 41.6 Å². The molecule has 0 unspecified atom stereocenters. The Balaban J connectivity index is 0.00000361. The maximum Gasteiger partial charge on any atom is 0.338 e. The first-order chi connectivity index (χ1) is 16.8. The molecule has 1 aliphatic rings. The van der Waals surface area contributed by atoms with Crippen LogP contribution in [0.2, 0.25) is 0 Å². The molecule has 188 valence electrons. The molecule has 36 heavy (non-hydrogen) atoms. The van der Waals surface area contributed by atoms with Gasteiger partial charge in [0.25, 0.3) is 0 Å². The van der Waals surface area contributed by atoms with Gasteiger partial charge in [-0.1, -0.05) is 26.0 Å². The Kier molecular flexibility index (Phi) is 8.34. The number of hydrogen-bond acceptors (Lipinski definition) is 6.